The summed E-state index contributed by atoms with van der Waals surface area (Å²) < 4.78 is 15.7. The van der Waals surface area contributed by atoms with Crippen LogP contribution in [0.5, 0.6) is 0 Å². The largest absolute Gasteiger partial charge is 0.352 e. The fourth-order valence-corrected chi connectivity index (χ4v) is 4.07. The lowest BCUT2D eigenvalue weighted by Gasteiger charge is -2.24. The molecule has 0 atom stereocenters. The summed E-state index contributed by atoms with van der Waals surface area (Å²) in [6.45, 7) is 5.78. The van der Waals surface area contributed by atoms with Crippen LogP contribution in [0, 0.1) is 18.7 Å². The Labute approximate surface area is 162 Å². The number of nitrogens with zero attached hydrogens (tertiary/aromatic N) is 1. The third-order valence-corrected chi connectivity index (χ3v) is 5.73. The summed E-state index contributed by atoms with van der Waals surface area (Å²) in [6, 6.07) is 8.57. The van der Waals surface area contributed by atoms with Gasteiger partial charge in [0.1, 0.15) is 5.82 Å². The summed E-state index contributed by atoms with van der Waals surface area (Å²) in [4.78, 5) is 12.7. The van der Waals surface area contributed by atoms with Gasteiger partial charge in [0.25, 0.3) is 5.91 Å². The first-order chi connectivity index (χ1) is 13.1. The zero-order valence-electron chi connectivity index (χ0n) is 16.6. The number of rotatable bonds is 7. The van der Waals surface area contributed by atoms with Crippen LogP contribution in [0.15, 0.2) is 30.3 Å². The Morgan fingerprint density at radius 3 is 2.56 bits per heavy atom. The van der Waals surface area contributed by atoms with Crippen LogP contribution in [0.25, 0.3) is 11.3 Å². The number of amides is 1. The molecule has 0 spiro atoms. The number of carbonyl (C=O) groups excluding carboxylic acids is 1. The highest BCUT2D eigenvalue weighted by molar-refractivity contribution is 5.97. The minimum atomic E-state index is -0.238. The molecule has 4 heteroatoms. The van der Waals surface area contributed by atoms with Gasteiger partial charge in [-0.1, -0.05) is 32.6 Å². The first-order valence-electron chi connectivity index (χ1n) is 10.3. The molecule has 0 bridgehead atoms. The molecule has 1 amide bonds. The van der Waals surface area contributed by atoms with E-state index in [4.69, 9.17) is 0 Å². The third kappa shape index (κ3) is 4.79. The Morgan fingerprint density at radius 1 is 1.19 bits per heavy atom. The second-order valence-corrected chi connectivity index (χ2v) is 7.76. The molecule has 1 saturated carbocycles. The van der Waals surface area contributed by atoms with Gasteiger partial charge in [0.2, 0.25) is 0 Å². The molecule has 1 aromatic carbocycles. The Hall–Kier alpha value is -2.10. The van der Waals surface area contributed by atoms with Crippen molar-refractivity contribution in [1.29, 1.82) is 0 Å². The lowest BCUT2D eigenvalue weighted by molar-refractivity contribution is 0.0952. The number of unbranched alkanes of at least 4 members (excludes halogenated alkanes) is 1. The van der Waals surface area contributed by atoms with Crippen LogP contribution in [0.4, 0.5) is 4.39 Å². The number of hydrogen-bond donors (Lipinski definition) is 1. The van der Waals surface area contributed by atoms with Crippen LogP contribution in [-0.4, -0.2) is 17.0 Å². The van der Waals surface area contributed by atoms with Gasteiger partial charge < -0.3 is 9.88 Å². The number of nitrogens with one attached hydrogen (secondary N) is 1. The SMILES string of the molecule is CCCCNC(=O)c1cc(-c2ccc(F)cc2)n(CC2CCCCC2)c1C. The molecular weight excluding hydrogens is 339 g/mol. The van der Waals surface area contributed by atoms with Gasteiger partial charge in [-0.25, -0.2) is 4.39 Å². The molecule has 0 saturated heterocycles. The minimum Gasteiger partial charge on any atom is -0.352 e. The summed E-state index contributed by atoms with van der Waals surface area (Å²) in [7, 11) is 0. The van der Waals surface area contributed by atoms with E-state index < -0.39 is 0 Å². The van der Waals surface area contributed by atoms with Crippen molar-refractivity contribution in [2.75, 3.05) is 6.54 Å². The van der Waals surface area contributed by atoms with E-state index in [0.29, 0.717) is 12.5 Å². The van der Waals surface area contributed by atoms with Gasteiger partial charge in [0.05, 0.1) is 5.56 Å². The number of benzene rings is 1. The Morgan fingerprint density at radius 2 is 1.89 bits per heavy atom. The van der Waals surface area contributed by atoms with E-state index in [-0.39, 0.29) is 11.7 Å². The molecule has 3 rings (SSSR count). The topological polar surface area (TPSA) is 34.0 Å². The summed E-state index contributed by atoms with van der Waals surface area (Å²) in [5.74, 6) is 0.408. The number of carbonyl (C=O) groups is 1. The predicted octanol–water partition coefficient (Wildman–Crippen LogP) is 5.71. The predicted molar refractivity (Wildman–Crippen MR) is 108 cm³/mol. The van der Waals surface area contributed by atoms with Crippen molar-refractivity contribution in [2.45, 2.75) is 65.3 Å². The van der Waals surface area contributed by atoms with Crippen molar-refractivity contribution in [3.63, 3.8) is 0 Å². The first-order valence-corrected chi connectivity index (χ1v) is 10.3. The maximum Gasteiger partial charge on any atom is 0.253 e. The van der Waals surface area contributed by atoms with E-state index in [1.165, 1.54) is 44.2 Å². The van der Waals surface area contributed by atoms with Crippen LogP contribution < -0.4 is 5.32 Å². The van der Waals surface area contributed by atoms with Crippen molar-refractivity contribution < 1.29 is 9.18 Å². The van der Waals surface area contributed by atoms with E-state index >= 15 is 0 Å². The van der Waals surface area contributed by atoms with Gasteiger partial charge in [-0.3, -0.25) is 4.79 Å². The Bertz CT molecular complexity index is 757. The summed E-state index contributed by atoms with van der Waals surface area (Å²) in [5.41, 5.74) is 3.72. The second kappa shape index (κ2) is 9.20. The number of halogens is 1. The van der Waals surface area contributed by atoms with Gasteiger partial charge >= 0.3 is 0 Å². The van der Waals surface area contributed by atoms with E-state index in [1.807, 2.05) is 13.0 Å². The molecule has 1 fully saturated rings. The molecule has 146 valence electrons. The van der Waals surface area contributed by atoms with Crippen LogP contribution in [-0.2, 0) is 6.54 Å². The monoisotopic (exact) mass is 370 g/mol. The van der Waals surface area contributed by atoms with Crippen molar-refractivity contribution >= 4 is 5.91 Å². The molecule has 2 aromatic rings. The molecule has 1 aromatic heterocycles. The number of aromatic nitrogens is 1. The standard InChI is InChI=1S/C23H31FN2O/c1-3-4-14-25-23(27)21-15-22(19-10-12-20(24)13-11-19)26(17(21)2)16-18-8-6-5-7-9-18/h10-13,15,18H,3-9,14,16H2,1-2H3,(H,25,27). The van der Waals surface area contributed by atoms with E-state index in [2.05, 4.69) is 16.8 Å². The average Bonchev–Trinajstić information content (AvgIpc) is 3.00. The minimum absolute atomic E-state index is 0.00768. The summed E-state index contributed by atoms with van der Waals surface area (Å²) >= 11 is 0. The second-order valence-electron chi connectivity index (χ2n) is 7.76. The molecule has 1 heterocycles. The maximum absolute atomic E-state index is 13.4. The number of hydrogen-bond acceptors (Lipinski definition) is 1. The van der Waals surface area contributed by atoms with Gasteiger partial charge in [0, 0.05) is 24.5 Å². The van der Waals surface area contributed by atoms with Crippen molar-refractivity contribution in [2.24, 2.45) is 5.92 Å². The molecule has 1 N–H and O–H groups in total. The zero-order valence-corrected chi connectivity index (χ0v) is 16.6. The fraction of sp³-hybridized carbons (Fsp3) is 0.522. The van der Waals surface area contributed by atoms with Gasteiger partial charge in [-0.05, 0) is 68.0 Å². The molecular formula is C23H31FN2O. The van der Waals surface area contributed by atoms with Crippen LogP contribution >= 0.6 is 0 Å². The fourth-order valence-electron chi connectivity index (χ4n) is 4.07. The molecule has 3 nitrogen and oxygen atoms in total. The lowest BCUT2D eigenvalue weighted by Crippen LogP contribution is -2.25. The molecule has 0 aliphatic heterocycles. The highest BCUT2D eigenvalue weighted by Gasteiger charge is 2.22. The van der Waals surface area contributed by atoms with Crippen LogP contribution in [0.3, 0.4) is 0 Å². The Kier molecular flexibility index (Phi) is 6.70. The maximum atomic E-state index is 13.4. The zero-order chi connectivity index (χ0) is 19.2. The molecule has 0 unspecified atom stereocenters. The first kappa shape index (κ1) is 19.7. The van der Waals surface area contributed by atoms with E-state index in [9.17, 15) is 9.18 Å². The van der Waals surface area contributed by atoms with E-state index in [1.54, 1.807) is 12.1 Å². The summed E-state index contributed by atoms with van der Waals surface area (Å²) in [6.07, 6.45) is 8.46. The molecule has 1 aliphatic rings. The smallest absolute Gasteiger partial charge is 0.253 e. The van der Waals surface area contributed by atoms with Crippen LogP contribution in [0.1, 0.15) is 67.9 Å². The lowest BCUT2D eigenvalue weighted by atomic mass is 9.89. The van der Waals surface area contributed by atoms with E-state index in [0.717, 1.165) is 41.9 Å². The van der Waals surface area contributed by atoms with Crippen molar-refractivity contribution in [3.05, 3.63) is 47.4 Å². The molecule has 1 aliphatic carbocycles. The van der Waals surface area contributed by atoms with Gasteiger partial charge in [-0.15, -0.1) is 0 Å². The Balaban J connectivity index is 1.92. The van der Waals surface area contributed by atoms with Gasteiger partial charge in [0.15, 0.2) is 0 Å². The quantitative estimate of drug-likeness (QED) is 0.622. The average molecular weight is 371 g/mol. The highest BCUT2D eigenvalue weighted by Crippen LogP contribution is 2.31. The highest BCUT2D eigenvalue weighted by atomic mass is 19.1. The molecule has 0 radical (unpaired) electrons. The third-order valence-electron chi connectivity index (χ3n) is 5.73. The van der Waals surface area contributed by atoms with Gasteiger partial charge in [-0.2, -0.15) is 0 Å². The normalized spacial score (nSPS) is 15.1. The van der Waals surface area contributed by atoms with Crippen LogP contribution in [0.2, 0.25) is 0 Å². The summed E-state index contributed by atoms with van der Waals surface area (Å²) in [5, 5.41) is 3.03. The van der Waals surface area contributed by atoms with Crippen molar-refractivity contribution in [3.8, 4) is 11.3 Å². The molecule has 27 heavy (non-hydrogen) atoms. The van der Waals surface area contributed by atoms with Crippen molar-refractivity contribution in [1.82, 2.24) is 9.88 Å².